The molecule has 3 aromatic rings. The van der Waals surface area contributed by atoms with Gasteiger partial charge in [0.1, 0.15) is 37.1 Å². The molecule has 0 radical (unpaired) electrons. The first-order valence-electron chi connectivity index (χ1n) is 8.51. The minimum absolute atomic E-state index is 0.0771. The maximum atomic E-state index is 12.3. The smallest absolute Gasteiger partial charge is 0.258 e. The van der Waals surface area contributed by atoms with E-state index < -0.39 is 0 Å². The quantitative estimate of drug-likeness (QED) is 0.706. The van der Waals surface area contributed by atoms with Gasteiger partial charge in [0.25, 0.3) is 5.56 Å². The molecule has 1 aliphatic heterocycles. The molecular weight excluding hydrogens is 398 g/mol. The lowest BCUT2D eigenvalue weighted by Crippen LogP contribution is -2.83. The summed E-state index contributed by atoms with van der Waals surface area (Å²) in [6, 6.07) is 11.5. The highest BCUT2D eigenvalue weighted by molar-refractivity contribution is 9.10. The number of halogens is 1. The fraction of sp³-hybridized carbons (Fsp3) is 0.263. The summed E-state index contributed by atoms with van der Waals surface area (Å²) in [5.41, 5.74) is 2.49. The Morgan fingerprint density at radius 3 is 2.85 bits per heavy atom. The van der Waals surface area contributed by atoms with E-state index in [1.807, 2.05) is 24.3 Å². The number of hydrogen-bond donors (Lipinski definition) is 1. The first kappa shape index (κ1) is 17.1. The highest BCUT2D eigenvalue weighted by atomic mass is 79.9. The topological polar surface area (TPSA) is 69.4 Å². The predicted octanol–water partition coefficient (Wildman–Crippen LogP) is 2.05. The molecule has 0 bridgehead atoms. The number of nitrogens with zero attached hydrogens (tertiary/aromatic N) is 2. The van der Waals surface area contributed by atoms with Crippen molar-refractivity contribution < 1.29 is 14.8 Å². The number of nitrogens with two attached hydrogens (primary N) is 1. The maximum absolute atomic E-state index is 12.3. The molecule has 0 aliphatic carbocycles. The van der Waals surface area contributed by atoms with Crippen molar-refractivity contribution in [3.05, 3.63) is 68.7 Å². The van der Waals surface area contributed by atoms with Gasteiger partial charge in [-0.25, -0.2) is 4.98 Å². The molecule has 2 N–H and O–H groups in total. The molecule has 3 heterocycles. The van der Waals surface area contributed by atoms with Crippen LogP contribution in [0, 0.1) is 0 Å². The van der Waals surface area contributed by atoms with E-state index in [9.17, 15) is 4.79 Å². The lowest BCUT2D eigenvalue weighted by atomic mass is 10.1. The van der Waals surface area contributed by atoms with Gasteiger partial charge in [0.05, 0.1) is 0 Å². The summed E-state index contributed by atoms with van der Waals surface area (Å²) in [7, 11) is 0. The number of benzene rings is 1. The average Bonchev–Trinajstić information content (AvgIpc) is 2.66. The van der Waals surface area contributed by atoms with Crippen LogP contribution in [0.1, 0.15) is 24.2 Å². The van der Waals surface area contributed by atoms with E-state index in [-0.39, 0.29) is 11.6 Å². The molecule has 0 spiro atoms. The normalized spacial score (nSPS) is 14.4. The summed E-state index contributed by atoms with van der Waals surface area (Å²) in [4.78, 5) is 16.9. The molecule has 0 unspecified atom stereocenters. The molecule has 7 heteroatoms. The Labute approximate surface area is 158 Å². The van der Waals surface area contributed by atoms with E-state index >= 15 is 0 Å². The zero-order valence-electron chi connectivity index (χ0n) is 14.3. The molecule has 0 fully saturated rings. The van der Waals surface area contributed by atoms with E-state index in [1.165, 1.54) is 4.40 Å². The third-order valence-corrected chi connectivity index (χ3v) is 4.92. The highest BCUT2D eigenvalue weighted by Gasteiger charge is 2.16. The molecule has 0 saturated heterocycles. The second-order valence-corrected chi connectivity index (χ2v) is 7.21. The van der Waals surface area contributed by atoms with E-state index in [1.54, 1.807) is 12.3 Å². The van der Waals surface area contributed by atoms with Gasteiger partial charge in [-0.1, -0.05) is 0 Å². The maximum Gasteiger partial charge on any atom is 0.258 e. The molecule has 2 aromatic heterocycles. The fourth-order valence-corrected chi connectivity index (χ4v) is 3.34. The van der Waals surface area contributed by atoms with Crippen LogP contribution in [-0.4, -0.2) is 22.6 Å². The molecule has 1 atom stereocenters. The Kier molecular flexibility index (Phi) is 4.65. The van der Waals surface area contributed by atoms with Gasteiger partial charge in [-0.3, -0.25) is 9.20 Å². The van der Waals surface area contributed by atoms with Gasteiger partial charge in [-0.2, -0.15) is 0 Å². The van der Waals surface area contributed by atoms with Gasteiger partial charge >= 0.3 is 0 Å². The van der Waals surface area contributed by atoms with Crippen LogP contribution in [-0.2, 0) is 6.54 Å². The van der Waals surface area contributed by atoms with Crippen molar-refractivity contribution in [2.24, 2.45) is 0 Å². The summed E-state index contributed by atoms with van der Waals surface area (Å²) >= 11 is 3.37. The van der Waals surface area contributed by atoms with Crippen molar-refractivity contribution >= 4 is 21.6 Å². The monoisotopic (exact) mass is 416 g/mol. The average molecular weight is 417 g/mol. The van der Waals surface area contributed by atoms with Crippen molar-refractivity contribution in [2.45, 2.75) is 19.5 Å². The van der Waals surface area contributed by atoms with Crippen LogP contribution in [0.5, 0.6) is 11.5 Å². The minimum Gasteiger partial charge on any atom is -0.486 e. The van der Waals surface area contributed by atoms with Crippen LogP contribution in [0.4, 0.5) is 0 Å². The van der Waals surface area contributed by atoms with Crippen molar-refractivity contribution in [3.8, 4) is 11.5 Å². The zero-order valence-corrected chi connectivity index (χ0v) is 15.9. The Hall–Kier alpha value is -2.38. The van der Waals surface area contributed by atoms with Crippen molar-refractivity contribution in [3.63, 3.8) is 0 Å². The molecule has 0 amide bonds. The van der Waals surface area contributed by atoms with E-state index in [4.69, 9.17) is 9.47 Å². The van der Waals surface area contributed by atoms with E-state index in [0.29, 0.717) is 25.4 Å². The summed E-state index contributed by atoms with van der Waals surface area (Å²) < 4.78 is 13.6. The number of fused-ring (bicyclic) bond motifs is 2. The number of aromatic nitrogens is 2. The second kappa shape index (κ2) is 7.09. The molecule has 134 valence electrons. The fourth-order valence-electron chi connectivity index (χ4n) is 3.01. The minimum atomic E-state index is -0.0771. The van der Waals surface area contributed by atoms with E-state index in [2.05, 4.69) is 39.2 Å². The Morgan fingerprint density at radius 1 is 1.19 bits per heavy atom. The molecular formula is C19H19BrN3O3+. The van der Waals surface area contributed by atoms with Crippen LogP contribution >= 0.6 is 15.9 Å². The summed E-state index contributed by atoms with van der Waals surface area (Å²) in [5.74, 6) is 1.59. The number of pyridine rings is 1. The van der Waals surface area contributed by atoms with Gasteiger partial charge in [0.2, 0.25) is 0 Å². The highest BCUT2D eigenvalue weighted by Crippen LogP contribution is 2.31. The summed E-state index contributed by atoms with van der Waals surface area (Å²) in [6.07, 6.45) is 1.73. The van der Waals surface area contributed by atoms with Crippen LogP contribution in [0.2, 0.25) is 0 Å². The number of quaternary nitrogens is 1. The van der Waals surface area contributed by atoms with Crippen LogP contribution in [0.15, 0.2) is 51.9 Å². The van der Waals surface area contributed by atoms with Gasteiger partial charge < -0.3 is 14.8 Å². The van der Waals surface area contributed by atoms with Gasteiger partial charge in [0, 0.05) is 22.3 Å². The first-order valence-corrected chi connectivity index (χ1v) is 9.30. The Balaban J connectivity index is 1.51. The third kappa shape index (κ3) is 3.45. The standard InChI is InChI=1S/C19H18BrN3O3/c1-12(13-2-4-16-17(8-13)26-7-6-25-16)21-10-15-9-19(24)23-11-14(20)3-5-18(23)22-15/h2-5,8-9,11-12,21H,6-7,10H2,1H3/p+1/t12-/m1/s1. The van der Waals surface area contributed by atoms with Gasteiger partial charge in [-0.15, -0.1) is 0 Å². The third-order valence-electron chi connectivity index (χ3n) is 4.45. The van der Waals surface area contributed by atoms with Gasteiger partial charge in [-0.05, 0) is 53.2 Å². The SMILES string of the molecule is C[C@@H]([NH2+]Cc1cc(=O)n2cc(Br)ccc2n1)c1ccc2c(c1)OCCO2. The number of ether oxygens (including phenoxy) is 2. The second-order valence-electron chi connectivity index (χ2n) is 6.29. The lowest BCUT2D eigenvalue weighted by molar-refractivity contribution is -0.708. The van der Waals surface area contributed by atoms with Gasteiger partial charge in [0.15, 0.2) is 11.5 Å². The van der Waals surface area contributed by atoms with Crippen molar-refractivity contribution in [1.82, 2.24) is 9.38 Å². The number of rotatable bonds is 4. The molecule has 6 nitrogen and oxygen atoms in total. The summed E-state index contributed by atoms with van der Waals surface area (Å²) in [6.45, 7) is 3.91. The van der Waals surface area contributed by atoms with Crippen molar-refractivity contribution in [2.75, 3.05) is 13.2 Å². The summed E-state index contributed by atoms with van der Waals surface area (Å²) in [5, 5.41) is 2.16. The Bertz CT molecular complexity index is 1020. The molecule has 4 rings (SSSR count). The molecule has 1 aliphatic rings. The lowest BCUT2D eigenvalue weighted by Gasteiger charge is -2.20. The van der Waals surface area contributed by atoms with Crippen molar-refractivity contribution in [1.29, 1.82) is 0 Å². The first-order chi connectivity index (χ1) is 12.6. The molecule has 1 aromatic carbocycles. The predicted molar refractivity (Wildman–Crippen MR) is 101 cm³/mol. The van der Waals surface area contributed by atoms with Crippen LogP contribution < -0.4 is 20.3 Å². The largest absolute Gasteiger partial charge is 0.486 e. The van der Waals surface area contributed by atoms with E-state index in [0.717, 1.165) is 27.2 Å². The Morgan fingerprint density at radius 2 is 2.00 bits per heavy atom. The van der Waals surface area contributed by atoms with Crippen LogP contribution in [0.3, 0.4) is 0 Å². The number of hydrogen-bond acceptors (Lipinski definition) is 4. The van der Waals surface area contributed by atoms with Crippen LogP contribution in [0.25, 0.3) is 5.65 Å². The molecule has 0 saturated carbocycles. The molecule has 26 heavy (non-hydrogen) atoms. The zero-order chi connectivity index (χ0) is 18.1.